The van der Waals surface area contributed by atoms with Gasteiger partial charge in [-0.25, -0.2) is 4.98 Å². The van der Waals surface area contributed by atoms with Crippen LogP contribution in [-0.4, -0.2) is 12.0 Å². The molecule has 0 unspecified atom stereocenters. The third kappa shape index (κ3) is 2.35. The average Bonchev–Trinajstić information content (AvgIpc) is 2.90. The van der Waals surface area contributed by atoms with Crippen molar-refractivity contribution >= 4 is 22.1 Å². The molecule has 102 valence electrons. The Morgan fingerprint density at radius 1 is 1.10 bits per heavy atom. The van der Waals surface area contributed by atoms with Gasteiger partial charge in [-0.15, -0.1) is 11.3 Å². The first-order valence-electron chi connectivity index (χ1n) is 6.94. The van der Waals surface area contributed by atoms with Crippen molar-refractivity contribution in [3.05, 3.63) is 53.0 Å². The Morgan fingerprint density at radius 2 is 1.90 bits per heavy atom. The number of nitrogens with one attached hydrogen (secondary N) is 1. The van der Waals surface area contributed by atoms with Crippen molar-refractivity contribution in [2.24, 2.45) is 0 Å². The summed E-state index contributed by atoms with van der Waals surface area (Å²) in [5, 5.41) is 6.91. The van der Waals surface area contributed by atoms with Crippen LogP contribution in [0.2, 0.25) is 0 Å². The molecule has 2 nitrogen and oxygen atoms in total. The fraction of sp³-hybridized carbons (Fsp3) is 0.235. The summed E-state index contributed by atoms with van der Waals surface area (Å²) >= 11 is 1.80. The predicted octanol–water partition coefficient (Wildman–Crippen LogP) is 4.25. The van der Waals surface area contributed by atoms with E-state index >= 15 is 0 Å². The zero-order valence-electron chi connectivity index (χ0n) is 11.8. The quantitative estimate of drug-likeness (QED) is 0.774. The lowest BCUT2D eigenvalue weighted by molar-refractivity contribution is 0.815. The van der Waals surface area contributed by atoms with Gasteiger partial charge in [0.05, 0.1) is 5.69 Å². The summed E-state index contributed by atoms with van der Waals surface area (Å²) in [6.45, 7) is 3.06. The van der Waals surface area contributed by atoms with Crippen molar-refractivity contribution in [1.82, 2.24) is 10.3 Å². The Kier molecular flexibility index (Phi) is 3.81. The first-order valence-corrected chi connectivity index (χ1v) is 7.76. The molecule has 1 N–H and O–H groups in total. The molecular formula is C17H18N2S. The maximum atomic E-state index is 4.85. The fourth-order valence-corrected chi connectivity index (χ4v) is 3.69. The lowest BCUT2D eigenvalue weighted by Gasteiger charge is -2.02. The molecule has 0 saturated carbocycles. The van der Waals surface area contributed by atoms with Gasteiger partial charge in [0.15, 0.2) is 0 Å². The number of fused-ring (bicyclic) bond motifs is 1. The van der Waals surface area contributed by atoms with E-state index in [-0.39, 0.29) is 0 Å². The van der Waals surface area contributed by atoms with Crippen molar-refractivity contribution in [1.29, 1.82) is 0 Å². The zero-order valence-corrected chi connectivity index (χ0v) is 12.6. The monoisotopic (exact) mass is 282 g/mol. The number of aryl methyl sites for hydroxylation is 1. The summed E-state index contributed by atoms with van der Waals surface area (Å²) < 4.78 is 0. The highest BCUT2D eigenvalue weighted by Gasteiger charge is 2.12. The Balaban J connectivity index is 2.15. The highest BCUT2D eigenvalue weighted by molar-refractivity contribution is 7.15. The molecule has 1 heterocycles. The van der Waals surface area contributed by atoms with Crippen LogP contribution in [0.5, 0.6) is 0 Å². The number of aromatic nitrogens is 1. The van der Waals surface area contributed by atoms with Crippen LogP contribution in [-0.2, 0) is 13.0 Å². The van der Waals surface area contributed by atoms with Crippen molar-refractivity contribution in [2.75, 3.05) is 7.05 Å². The average molecular weight is 282 g/mol. The first-order chi connectivity index (χ1) is 9.83. The molecule has 3 aromatic rings. The lowest BCUT2D eigenvalue weighted by atomic mass is 10.1. The number of benzene rings is 2. The van der Waals surface area contributed by atoms with Gasteiger partial charge in [0.25, 0.3) is 0 Å². The number of hydrogen-bond acceptors (Lipinski definition) is 3. The summed E-state index contributed by atoms with van der Waals surface area (Å²) in [5.41, 5.74) is 2.46. The van der Waals surface area contributed by atoms with E-state index in [4.69, 9.17) is 4.98 Å². The SMILES string of the molecule is CCc1nc(-c2cccc3ccccc23)sc1CNC. The molecule has 0 amide bonds. The topological polar surface area (TPSA) is 24.9 Å². The summed E-state index contributed by atoms with van der Waals surface area (Å²) in [7, 11) is 1.98. The molecule has 0 spiro atoms. The molecule has 2 aromatic carbocycles. The molecule has 20 heavy (non-hydrogen) atoms. The van der Waals surface area contributed by atoms with Gasteiger partial charge in [-0.1, -0.05) is 49.4 Å². The zero-order chi connectivity index (χ0) is 13.9. The van der Waals surface area contributed by atoms with Crippen LogP contribution >= 0.6 is 11.3 Å². The molecule has 3 rings (SSSR count). The van der Waals surface area contributed by atoms with E-state index in [1.54, 1.807) is 11.3 Å². The van der Waals surface area contributed by atoms with Crippen LogP contribution in [0.25, 0.3) is 21.3 Å². The van der Waals surface area contributed by atoms with E-state index in [0.717, 1.165) is 18.0 Å². The second-order valence-corrected chi connectivity index (χ2v) is 5.88. The number of thiazole rings is 1. The van der Waals surface area contributed by atoms with Crippen molar-refractivity contribution in [3.8, 4) is 10.6 Å². The molecule has 0 fully saturated rings. The van der Waals surface area contributed by atoms with Gasteiger partial charge >= 0.3 is 0 Å². The molecule has 0 bridgehead atoms. The Hall–Kier alpha value is -1.71. The van der Waals surface area contributed by atoms with E-state index in [1.807, 2.05) is 7.05 Å². The minimum atomic E-state index is 0.894. The van der Waals surface area contributed by atoms with Gasteiger partial charge < -0.3 is 5.32 Å². The largest absolute Gasteiger partial charge is 0.315 e. The third-order valence-corrected chi connectivity index (χ3v) is 4.60. The molecule has 0 aliphatic carbocycles. The van der Waals surface area contributed by atoms with Crippen LogP contribution in [0, 0.1) is 0 Å². The van der Waals surface area contributed by atoms with Gasteiger partial charge in [-0.2, -0.15) is 0 Å². The maximum Gasteiger partial charge on any atom is 0.124 e. The predicted molar refractivity (Wildman–Crippen MR) is 87.2 cm³/mol. The van der Waals surface area contributed by atoms with Crippen molar-refractivity contribution in [3.63, 3.8) is 0 Å². The van der Waals surface area contributed by atoms with Crippen LogP contribution in [0.4, 0.5) is 0 Å². The minimum Gasteiger partial charge on any atom is -0.315 e. The fourth-order valence-electron chi connectivity index (χ4n) is 2.49. The molecule has 0 saturated heterocycles. The maximum absolute atomic E-state index is 4.85. The van der Waals surface area contributed by atoms with E-state index in [2.05, 4.69) is 54.7 Å². The first kappa shape index (κ1) is 13.3. The van der Waals surface area contributed by atoms with Crippen LogP contribution in [0.1, 0.15) is 17.5 Å². The third-order valence-electron chi connectivity index (χ3n) is 3.47. The molecule has 1 aromatic heterocycles. The van der Waals surface area contributed by atoms with Crippen LogP contribution in [0.15, 0.2) is 42.5 Å². The van der Waals surface area contributed by atoms with Gasteiger partial charge in [-0.3, -0.25) is 0 Å². The van der Waals surface area contributed by atoms with Gasteiger partial charge in [0, 0.05) is 17.0 Å². The lowest BCUT2D eigenvalue weighted by Crippen LogP contribution is -2.05. The highest BCUT2D eigenvalue weighted by Crippen LogP contribution is 2.33. The smallest absolute Gasteiger partial charge is 0.124 e. The van der Waals surface area contributed by atoms with E-state index < -0.39 is 0 Å². The van der Waals surface area contributed by atoms with Crippen LogP contribution in [0.3, 0.4) is 0 Å². The molecule has 0 aliphatic heterocycles. The summed E-state index contributed by atoms with van der Waals surface area (Å²) in [6, 6.07) is 14.9. The van der Waals surface area contributed by atoms with E-state index in [0.29, 0.717) is 0 Å². The van der Waals surface area contributed by atoms with Crippen molar-refractivity contribution in [2.45, 2.75) is 19.9 Å². The van der Waals surface area contributed by atoms with E-state index in [1.165, 1.54) is 26.9 Å². The Bertz CT molecular complexity index is 725. The normalized spacial score (nSPS) is 11.1. The number of nitrogens with zero attached hydrogens (tertiary/aromatic N) is 1. The second-order valence-electron chi connectivity index (χ2n) is 4.80. The molecular weight excluding hydrogens is 264 g/mol. The number of rotatable bonds is 4. The van der Waals surface area contributed by atoms with E-state index in [9.17, 15) is 0 Å². The molecule has 3 heteroatoms. The summed E-state index contributed by atoms with van der Waals surface area (Å²) in [5.74, 6) is 0. The summed E-state index contributed by atoms with van der Waals surface area (Å²) in [6.07, 6.45) is 0.984. The Labute approximate surface area is 123 Å². The molecule has 0 aliphatic rings. The minimum absolute atomic E-state index is 0.894. The van der Waals surface area contributed by atoms with Gasteiger partial charge in [0.2, 0.25) is 0 Å². The van der Waals surface area contributed by atoms with Crippen molar-refractivity contribution < 1.29 is 0 Å². The molecule has 0 radical (unpaired) electrons. The second kappa shape index (κ2) is 5.73. The Morgan fingerprint density at radius 3 is 2.70 bits per heavy atom. The van der Waals surface area contributed by atoms with Gasteiger partial charge in [-0.05, 0) is 24.2 Å². The molecule has 0 atom stereocenters. The highest BCUT2D eigenvalue weighted by atomic mass is 32.1. The standard InChI is InChI=1S/C17H18N2S/c1-3-15-16(11-18-2)20-17(19-15)14-10-6-8-12-7-4-5-9-13(12)14/h4-10,18H,3,11H2,1-2H3. The number of hydrogen-bond donors (Lipinski definition) is 1. The van der Waals surface area contributed by atoms with Gasteiger partial charge in [0.1, 0.15) is 5.01 Å². The van der Waals surface area contributed by atoms with Crippen LogP contribution < -0.4 is 5.32 Å². The summed E-state index contributed by atoms with van der Waals surface area (Å²) in [4.78, 5) is 6.19.